The Balaban J connectivity index is 1.66. The Bertz CT molecular complexity index is 809. The first-order chi connectivity index (χ1) is 12.7. The highest BCUT2D eigenvalue weighted by Crippen LogP contribution is 2.37. The minimum absolute atomic E-state index is 0.0353. The van der Waals surface area contributed by atoms with Gasteiger partial charge in [-0.3, -0.25) is 4.79 Å². The van der Waals surface area contributed by atoms with Gasteiger partial charge in [0.1, 0.15) is 0 Å². The van der Waals surface area contributed by atoms with Crippen molar-refractivity contribution in [2.45, 2.75) is 19.4 Å². The number of hydrogen-bond donors (Lipinski definition) is 1. The van der Waals surface area contributed by atoms with Crippen LogP contribution in [-0.2, 0) is 11.2 Å². The molecule has 0 radical (unpaired) electrons. The van der Waals surface area contributed by atoms with Crippen LogP contribution in [0.15, 0.2) is 48.5 Å². The zero-order valence-corrected chi connectivity index (χ0v) is 15.7. The van der Waals surface area contributed by atoms with Gasteiger partial charge < -0.3 is 15.1 Å². The van der Waals surface area contributed by atoms with Crippen LogP contribution in [0.2, 0.25) is 5.02 Å². The fourth-order valence-corrected chi connectivity index (χ4v) is 4.45. The van der Waals surface area contributed by atoms with Crippen LogP contribution >= 0.6 is 11.6 Å². The zero-order valence-electron chi connectivity index (χ0n) is 15.0. The molecule has 4 nitrogen and oxygen atoms in total. The summed E-state index contributed by atoms with van der Waals surface area (Å²) in [4.78, 5) is 17.6. The highest BCUT2D eigenvalue weighted by atomic mass is 35.5. The highest BCUT2D eigenvalue weighted by molar-refractivity contribution is 6.30. The van der Waals surface area contributed by atoms with Gasteiger partial charge >= 0.3 is 0 Å². The first kappa shape index (κ1) is 17.2. The van der Waals surface area contributed by atoms with Gasteiger partial charge in [-0.15, -0.1) is 0 Å². The molecule has 1 amide bonds. The molecule has 26 heavy (non-hydrogen) atoms. The third-order valence-electron chi connectivity index (χ3n) is 5.49. The normalized spacial score (nSPS) is 21.8. The van der Waals surface area contributed by atoms with E-state index in [4.69, 9.17) is 11.6 Å². The number of rotatable bonds is 3. The van der Waals surface area contributed by atoms with E-state index in [9.17, 15) is 4.79 Å². The molecule has 0 bridgehead atoms. The van der Waals surface area contributed by atoms with Crippen LogP contribution in [0.5, 0.6) is 0 Å². The summed E-state index contributed by atoms with van der Waals surface area (Å²) in [5, 5.41) is 3.79. The average molecular weight is 370 g/mol. The predicted octanol–water partition coefficient (Wildman–Crippen LogP) is 3.34. The molecule has 0 unspecified atom stereocenters. The SMILES string of the molecule is CCNC(=O)[C@@H]1Cc2ccccc2N2CCN(c3cccc(Cl)c3)C[C@@H]12. The molecule has 0 spiro atoms. The number of piperazine rings is 1. The second-order valence-corrected chi connectivity index (χ2v) is 7.46. The maximum Gasteiger partial charge on any atom is 0.225 e. The maximum atomic E-state index is 12.8. The van der Waals surface area contributed by atoms with Gasteiger partial charge in [0.05, 0.1) is 12.0 Å². The van der Waals surface area contributed by atoms with E-state index >= 15 is 0 Å². The lowest BCUT2D eigenvalue weighted by Crippen LogP contribution is -2.61. The van der Waals surface area contributed by atoms with E-state index in [2.05, 4.69) is 45.4 Å². The van der Waals surface area contributed by atoms with Crippen LogP contribution in [0.3, 0.4) is 0 Å². The molecular weight excluding hydrogens is 346 g/mol. The first-order valence-electron chi connectivity index (χ1n) is 9.30. The lowest BCUT2D eigenvalue weighted by atomic mass is 9.83. The molecule has 0 saturated carbocycles. The Morgan fingerprint density at radius 1 is 1.19 bits per heavy atom. The van der Waals surface area contributed by atoms with Gasteiger partial charge in [-0.25, -0.2) is 0 Å². The highest BCUT2D eigenvalue weighted by Gasteiger charge is 2.41. The van der Waals surface area contributed by atoms with E-state index in [0.717, 1.165) is 36.8 Å². The quantitative estimate of drug-likeness (QED) is 0.901. The van der Waals surface area contributed by atoms with E-state index in [-0.39, 0.29) is 17.9 Å². The summed E-state index contributed by atoms with van der Waals surface area (Å²) in [5.41, 5.74) is 3.69. The number of carbonyl (C=O) groups is 1. The number of halogens is 1. The molecule has 5 heteroatoms. The Morgan fingerprint density at radius 3 is 2.85 bits per heavy atom. The van der Waals surface area contributed by atoms with Gasteiger partial charge in [-0.2, -0.15) is 0 Å². The Morgan fingerprint density at radius 2 is 2.04 bits per heavy atom. The summed E-state index contributed by atoms with van der Waals surface area (Å²) in [7, 11) is 0. The molecule has 4 rings (SSSR count). The van der Waals surface area contributed by atoms with E-state index in [1.807, 2.05) is 25.1 Å². The van der Waals surface area contributed by atoms with Crippen LogP contribution in [0, 0.1) is 5.92 Å². The van der Waals surface area contributed by atoms with E-state index in [1.165, 1.54) is 11.3 Å². The topological polar surface area (TPSA) is 35.6 Å². The minimum atomic E-state index is -0.0353. The number of nitrogens with zero attached hydrogens (tertiary/aromatic N) is 2. The van der Waals surface area contributed by atoms with Crippen molar-refractivity contribution < 1.29 is 4.79 Å². The van der Waals surface area contributed by atoms with Gasteiger partial charge in [-0.1, -0.05) is 35.9 Å². The van der Waals surface area contributed by atoms with Crippen molar-refractivity contribution in [1.29, 1.82) is 0 Å². The lowest BCUT2D eigenvalue weighted by Gasteiger charge is -2.49. The van der Waals surface area contributed by atoms with E-state index < -0.39 is 0 Å². The molecule has 0 aromatic heterocycles. The van der Waals surface area contributed by atoms with Crippen molar-refractivity contribution in [2.24, 2.45) is 5.92 Å². The van der Waals surface area contributed by atoms with Crippen molar-refractivity contribution in [2.75, 3.05) is 36.0 Å². The molecule has 0 aliphatic carbocycles. The Hall–Kier alpha value is -2.20. The average Bonchev–Trinajstić information content (AvgIpc) is 2.67. The molecule has 2 atom stereocenters. The van der Waals surface area contributed by atoms with Crippen molar-refractivity contribution in [3.05, 3.63) is 59.1 Å². The molecular formula is C21H24ClN3O. The van der Waals surface area contributed by atoms with Crippen molar-refractivity contribution in [3.8, 4) is 0 Å². The van der Waals surface area contributed by atoms with Crippen molar-refractivity contribution in [1.82, 2.24) is 5.32 Å². The fourth-order valence-electron chi connectivity index (χ4n) is 4.27. The Kier molecular flexibility index (Phi) is 4.77. The standard InChI is InChI=1S/C21H24ClN3O/c1-2-23-21(26)18-12-15-6-3-4-9-19(15)25-11-10-24(14-20(18)25)17-8-5-7-16(22)13-17/h3-9,13,18,20H,2,10-12,14H2,1H3,(H,23,26)/t18-,20+/m1/s1. The third-order valence-corrected chi connectivity index (χ3v) is 5.72. The molecule has 2 aromatic carbocycles. The van der Waals surface area contributed by atoms with Crippen LogP contribution in [0.1, 0.15) is 12.5 Å². The van der Waals surface area contributed by atoms with Gasteiger partial charge in [0.15, 0.2) is 0 Å². The molecule has 1 N–H and O–H groups in total. The molecule has 136 valence electrons. The summed E-state index contributed by atoms with van der Waals surface area (Å²) in [6.45, 7) is 5.31. The summed E-state index contributed by atoms with van der Waals surface area (Å²) < 4.78 is 0. The number of fused-ring (bicyclic) bond motifs is 3. The second kappa shape index (κ2) is 7.20. The lowest BCUT2D eigenvalue weighted by molar-refractivity contribution is -0.125. The summed E-state index contributed by atoms with van der Waals surface area (Å²) in [5.74, 6) is 0.122. The summed E-state index contributed by atoms with van der Waals surface area (Å²) in [6, 6.07) is 16.7. The van der Waals surface area contributed by atoms with Crippen LogP contribution in [-0.4, -0.2) is 38.1 Å². The molecule has 1 saturated heterocycles. The second-order valence-electron chi connectivity index (χ2n) is 7.02. The van der Waals surface area contributed by atoms with E-state index in [0.29, 0.717) is 6.54 Å². The Labute approximate surface area is 159 Å². The van der Waals surface area contributed by atoms with Gasteiger partial charge in [0, 0.05) is 42.6 Å². The van der Waals surface area contributed by atoms with E-state index in [1.54, 1.807) is 0 Å². The number of benzene rings is 2. The zero-order chi connectivity index (χ0) is 18.1. The molecule has 2 aliphatic heterocycles. The van der Waals surface area contributed by atoms with Crippen molar-refractivity contribution in [3.63, 3.8) is 0 Å². The first-order valence-corrected chi connectivity index (χ1v) is 9.68. The largest absolute Gasteiger partial charge is 0.368 e. The molecule has 1 fully saturated rings. The fraction of sp³-hybridized carbons (Fsp3) is 0.381. The van der Waals surface area contributed by atoms with Crippen LogP contribution < -0.4 is 15.1 Å². The van der Waals surface area contributed by atoms with Gasteiger partial charge in [-0.05, 0) is 43.2 Å². The molecule has 2 aromatic rings. The summed E-state index contributed by atoms with van der Waals surface area (Å²) >= 11 is 6.19. The van der Waals surface area contributed by atoms with Crippen molar-refractivity contribution >= 4 is 28.9 Å². The number of para-hydroxylation sites is 1. The van der Waals surface area contributed by atoms with Crippen LogP contribution in [0.25, 0.3) is 0 Å². The number of amides is 1. The summed E-state index contributed by atoms with van der Waals surface area (Å²) in [6.07, 6.45) is 0.798. The van der Waals surface area contributed by atoms with Gasteiger partial charge in [0.25, 0.3) is 0 Å². The monoisotopic (exact) mass is 369 g/mol. The minimum Gasteiger partial charge on any atom is -0.368 e. The van der Waals surface area contributed by atoms with Crippen LogP contribution in [0.4, 0.5) is 11.4 Å². The molecule has 2 aliphatic rings. The molecule has 2 heterocycles. The van der Waals surface area contributed by atoms with Gasteiger partial charge in [0.2, 0.25) is 5.91 Å². The third kappa shape index (κ3) is 3.14. The smallest absolute Gasteiger partial charge is 0.225 e. The maximum absolute atomic E-state index is 12.8. The number of anilines is 2. The number of hydrogen-bond acceptors (Lipinski definition) is 3. The number of nitrogens with one attached hydrogen (secondary N) is 1. The predicted molar refractivity (Wildman–Crippen MR) is 107 cm³/mol. The number of carbonyl (C=O) groups excluding carboxylic acids is 1.